The zero-order chi connectivity index (χ0) is 26.6. The molecule has 0 unspecified atom stereocenters. The molecule has 4 aromatic rings. The number of carbonyl (C=O) groups is 3. The molecule has 7 nitrogen and oxygen atoms in total. The fourth-order valence-electron chi connectivity index (χ4n) is 3.72. The van der Waals surface area contributed by atoms with Crippen LogP contribution in [0, 0.1) is 0 Å². The van der Waals surface area contributed by atoms with Crippen LogP contribution in [0.2, 0.25) is 0 Å². The number of ether oxygens (including phenoxy) is 1. The van der Waals surface area contributed by atoms with Crippen molar-refractivity contribution < 1.29 is 19.1 Å². The summed E-state index contributed by atoms with van der Waals surface area (Å²) in [7, 11) is 0. The molecule has 0 saturated heterocycles. The van der Waals surface area contributed by atoms with E-state index in [-0.39, 0.29) is 16.6 Å². The Balaban J connectivity index is 1.25. The molecule has 5 rings (SSSR count). The summed E-state index contributed by atoms with van der Waals surface area (Å²) in [5.41, 5.74) is 1.88. The number of imide groups is 1. The third-order valence-corrected chi connectivity index (χ3v) is 6.50. The highest BCUT2D eigenvalue weighted by Gasteiger charge is 2.39. The highest BCUT2D eigenvalue weighted by molar-refractivity contribution is 9.10. The van der Waals surface area contributed by atoms with Crippen molar-refractivity contribution in [3.05, 3.63) is 124 Å². The minimum absolute atomic E-state index is 0.0478. The average molecular weight is 589 g/mol. The molecule has 0 spiro atoms. The number of nitrogens with one attached hydrogen (secondary N) is 2. The second-order valence-corrected chi connectivity index (χ2v) is 9.50. The summed E-state index contributed by atoms with van der Waals surface area (Å²) in [6, 6.07) is 29.5. The van der Waals surface area contributed by atoms with Gasteiger partial charge in [0.1, 0.15) is 22.2 Å². The van der Waals surface area contributed by atoms with Crippen LogP contribution in [0.1, 0.15) is 10.4 Å². The molecule has 0 bridgehead atoms. The topological polar surface area (TPSA) is 87.7 Å². The molecule has 0 radical (unpaired) electrons. The molecule has 0 aliphatic carbocycles. The molecule has 0 atom stereocenters. The van der Waals surface area contributed by atoms with Crippen LogP contribution in [0.15, 0.2) is 118 Å². The Labute approximate surface area is 231 Å². The monoisotopic (exact) mass is 587 g/mol. The van der Waals surface area contributed by atoms with E-state index in [2.05, 4.69) is 26.6 Å². The number of benzene rings is 4. The van der Waals surface area contributed by atoms with Crippen molar-refractivity contribution >= 4 is 62.3 Å². The van der Waals surface area contributed by atoms with Gasteiger partial charge in [0.25, 0.3) is 17.7 Å². The largest absolute Gasteiger partial charge is 0.457 e. The molecular weight excluding hydrogens is 570 g/mol. The Morgan fingerprint density at radius 3 is 2.00 bits per heavy atom. The molecule has 2 N–H and O–H groups in total. The summed E-state index contributed by atoms with van der Waals surface area (Å²) in [5, 5.41) is 5.50. The number of hydrogen-bond acceptors (Lipinski definition) is 5. The van der Waals surface area contributed by atoms with Crippen molar-refractivity contribution in [2.45, 2.75) is 0 Å². The number of hydrogen-bond donors (Lipinski definition) is 2. The maximum absolute atomic E-state index is 13.1. The molecule has 9 heteroatoms. The highest BCUT2D eigenvalue weighted by atomic mass is 79.9. The summed E-state index contributed by atoms with van der Waals surface area (Å²) in [6.45, 7) is 0. The fraction of sp³-hybridized carbons (Fsp3) is 0. The lowest BCUT2D eigenvalue weighted by molar-refractivity contribution is -0.120. The van der Waals surface area contributed by atoms with E-state index < -0.39 is 11.8 Å². The first-order valence-corrected chi connectivity index (χ1v) is 12.6. The van der Waals surface area contributed by atoms with Crippen molar-refractivity contribution in [1.82, 2.24) is 0 Å². The first-order valence-electron chi connectivity index (χ1n) is 11.4. The molecule has 1 aliphatic rings. The van der Waals surface area contributed by atoms with Gasteiger partial charge in [-0.15, -0.1) is 0 Å². The lowest BCUT2D eigenvalue weighted by Gasteiger charge is -2.16. The van der Waals surface area contributed by atoms with Gasteiger partial charge >= 0.3 is 0 Å². The van der Waals surface area contributed by atoms with E-state index in [9.17, 15) is 14.4 Å². The van der Waals surface area contributed by atoms with Crippen LogP contribution in [0.3, 0.4) is 0 Å². The van der Waals surface area contributed by atoms with Crippen LogP contribution in [0.4, 0.5) is 17.1 Å². The van der Waals surface area contributed by atoms with Crippen LogP contribution < -0.4 is 20.3 Å². The van der Waals surface area contributed by atoms with Crippen LogP contribution >= 0.6 is 27.5 Å². The molecule has 0 aromatic heterocycles. The summed E-state index contributed by atoms with van der Waals surface area (Å²) in [5.74, 6) is -0.286. The smallest absolute Gasteiger partial charge is 0.283 e. The predicted molar refractivity (Wildman–Crippen MR) is 150 cm³/mol. The standard InChI is InChI=1S/C29H19BrClN3O4/c30-19-8-12-21(13-9-19)33-27(35)18-6-10-20(11-7-18)32-26-25(31)28(36)34(29(26)37)22-14-16-24(17-15-22)38-23-4-2-1-3-5-23/h1-17,32H,(H,33,35). The molecule has 1 heterocycles. The summed E-state index contributed by atoms with van der Waals surface area (Å²) < 4.78 is 6.68. The van der Waals surface area contributed by atoms with Crippen molar-refractivity contribution in [2.75, 3.05) is 15.5 Å². The lowest BCUT2D eigenvalue weighted by Crippen LogP contribution is -2.32. The van der Waals surface area contributed by atoms with Gasteiger partial charge in [0, 0.05) is 21.4 Å². The minimum atomic E-state index is -0.638. The van der Waals surface area contributed by atoms with Gasteiger partial charge in [0.15, 0.2) is 0 Å². The van der Waals surface area contributed by atoms with Gasteiger partial charge in [0.05, 0.1) is 5.69 Å². The molecule has 188 valence electrons. The number of carbonyl (C=O) groups excluding carboxylic acids is 3. The van der Waals surface area contributed by atoms with Crippen molar-refractivity contribution in [3.63, 3.8) is 0 Å². The maximum Gasteiger partial charge on any atom is 0.283 e. The Morgan fingerprint density at radius 2 is 1.34 bits per heavy atom. The van der Waals surface area contributed by atoms with Gasteiger partial charge in [-0.3, -0.25) is 14.4 Å². The third-order valence-electron chi connectivity index (χ3n) is 5.62. The fourth-order valence-corrected chi connectivity index (χ4v) is 4.20. The number of halogens is 2. The average Bonchev–Trinajstić information content (AvgIpc) is 3.14. The van der Waals surface area contributed by atoms with Gasteiger partial charge < -0.3 is 15.4 Å². The SMILES string of the molecule is O=C(Nc1ccc(Br)cc1)c1ccc(NC2=C(Cl)C(=O)N(c3ccc(Oc4ccccc4)cc3)C2=O)cc1. The number of nitrogens with zero attached hydrogens (tertiary/aromatic N) is 1. The maximum atomic E-state index is 13.1. The molecule has 0 fully saturated rings. The highest BCUT2D eigenvalue weighted by Crippen LogP contribution is 2.32. The molecule has 3 amide bonds. The quantitative estimate of drug-likeness (QED) is 0.229. The Kier molecular flexibility index (Phi) is 7.26. The van der Waals surface area contributed by atoms with Gasteiger partial charge in [-0.25, -0.2) is 4.90 Å². The number of anilines is 3. The van der Waals surface area contributed by atoms with E-state index in [1.54, 1.807) is 60.7 Å². The molecular formula is C29H19BrClN3O4. The van der Waals surface area contributed by atoms with Crippen molar-refractivity contribution in [1.29, 1.82) is 0 Å². The minimum Gasteiger partial charge on any atom is -0.457 e. The van der Waals surface area contributed by atoms with Crippen LogP contribution in [-0.4, -0.2) is 17.7 Å². The first-order chi connectivity index (χ1) is 18.4. The zero-order valence-corrected chi connectivity index (χ0v) is 22.0. The molecule has 1 aliphatic heterocycles. The van der Waals surface area contributed by atoms with E-state index >= 15 is 0 Å². The molecule has 4 aromatic carbocycles. The van der Waals surface area contributed by atoms with E-state index in [1.165, 1.54) is 0 Å². The predicted octanol–water partition coefficient (Wildman–Crippen LogP) is 6.93. The first kappa shape index (κ1) is 25.3. The third kappa shape index (κ3) is 5.46. The van der Waals surface area contributed by atoms with E-state index in [4.69, 9.17) is 16.3 Å². The lowest BCUT2D eigenvalue weighted by atomic mass is 10.2. The second-order valence-electron chi connectivity index (χ2n) is 8.21. The van der Waals surface area contributed by atoms with Crippen LogP contribution in [0.5, 0.6) is 11.5 Å². The van der Waals surface area contributed by atoms with Gasteiger partial charge in [0.2, 0.25) is 0 Å². The number of rotatable bonds is 7. The van der Waals surface area contributed by atoms with E-state index in [1.807, 2.05) is 42.5 Å². The Hall–Kier alpha value is -4.40. The molecule has 38 heavy (non-hydrogen) atoms. The van der Waals surface area contributed by atoms with Gasteiger partial charge in [-0.1, -0.05) is 45.7 Å². The Bertz CT molecular complexity index is 1540. The van der Waals surface area contributed by atoms with Crippen molar-refractivity contribution in [3.8, 4) is 11.5 Å². The number of amides is 3. The molecule has 0 saturated carbocycles. The summed E-state index contributed by atoms with van der Waals surface area (Å²) in [4.78, 5) is 39.5. The summed E-state index contributed by atoms with van der Waals surface area (Å²) >= 11 is 9.61. The summed E-state index contributed by atoms with van der Waals surface area (Å²) in [6.07, 6.45) is 0. The normalized spacial score (nSPS) is 13.1. The van der Waals surface area contributed by atoms with Gasteiger partial charge in [-0.2, -0.15) is 0 Å². The van der Waals surface area contributed by atoms with Crippen LogP contribution in [-0.2, 0) is 9.59 Å². The van der Waals surface area contributed by atoms with Crippen molar-refractivity contribution in [2.24, 2.45) is 0 Å². The van der Waals surface area contributed by atoms with Gasteiger partial charge in [-0.05, 0) is 84.9 Å². The Morgan fingerprint density at radius 1 is 0.737 bits per heavy atom. The zero-order valence-electron chi connectivity index (χ0n) is 19.7. The number of para-hydroxylation sites is 1. The van der Waals surface area contributed by atoms with Crippen LogP contribution in [0.25, 0.3) is 0 Å². The second kappa shape index (κ2) is 10.9. The van der Waals surface area contributed by atoms with E-state index in [0.717, 1.165) is 9.37 Å². The van der Waals surface area contributed by atoms with E-state index in [0.29, 0.717) is 34.1 Å².